The second-order valence-corrected chi connectivity index (χ2v) is 6.56. The molecule has 0 spiro atoms. The number of methoxy groups -OCH3 is 1. The minimum atomic E-state index is -0.370. The Kier molecular flexibility index (Phi) is 6.48. The third-order valence-electron chi connectivity index (χ3n) is 3.47. The zero-order chi connectivity index (χ0) is 17.5. The maximum Gasteiger partial charge on any atom is 0.343 e. The Hall–Kier alpha value is -2.22. The molecule has 1 atom stereocenters. The van der Waals surface area contributed by atoms with Crippen LogP contribution in [0.2, 0.25) is 0 Å². The Morgan fingerprint density at radius 1 is 1.46 bits per heavy atom. The van der Waals surface area contributed by atoms with Gasteiger partial charge < -0.3 is 10.1 Å². The number of carbonyl (C=O) groups is 1. The molecule has 1 heterocycles. The summed E-state index contributed by atoms with van der Waals surface area (Å²) in [6, 6.07) is 7.54. The molecule has 8 heteroatoms. The molecular weight excluding hydrogens is 328 g/mol. The quantitative estimate of drug-likeness (QED) is 0.709. The maximum absolute atomic E-state index is 12.3. The Labute approximate surface area is 144 Å². The molecule has 1 aromatic heterocycles. The molecule has 0 aliphatic rings. The van der Waals surface area contributed by atoms with Crippen molar-refractivity contribution in [1.29, 1.82) is 0 Å². The number of thioether (sulfide) groups is 1. The normalized spacial score (nSPS) is 12.0. The van der Waals surface area contributed by atoms with Gasteiger partial charge in [-0.25, -0.2) is 9.89 Å². The summed E-state index contributed by atoms with van der Waals surface area (Å²) < 4.78 is 6.82. The highest BCUT2D eigenvalue weighted by Gasteiger charge is 2.19. The van der Waals surface area contributed by atoms with Gasteiger partial charge in [-0.2, -0.15) is 0 Å². The molecule has 0 saturated carbocycles. The number of amides is 1. The number of H-pyrrole nitrogens is 1. The van der Waals surface area contributed by atoms with Crippen LogP contribution in [0.4, 0.5) is 0 Å². The molecule has 0 unspecified atom stereocenters. The van der Waals surface area contributed by atoms with Crippen molar-refractivity contribution in [3.63, 3.8) is 0 Å². The van der Waals surface area contributed by atoms with Gasteiger partial charge in [0.15, 0.2) is 5.16 Å². The molecule has 2 rings (SSSR count). The van der Waals surface area contributed by atoms with Crippen molar-refractivity contribution in [2.24, 2.45) is 0 Å². The van der Waals surface area contributed by atoms with E-state index in [1.807, 2.05) is 31.2 Å². The van der Waals surface area contributed by atoms with Crippen LogP contribution in [0.25, 0.3) is 0 Å². The number of ether oxygens (including phenoxy) is 1. The zero-order valence-corrected chi connectivity index (χ0v) is 14.9. The Morgan fingerprint density at radius 3 is 2.92 bits per heavy atom. The number of rotatable bonds is 8. The summed E-state index contributed by atoms with van der Waals surface area (Å²) in [5.41, 5.74) is 0.661. The minimum absolute atomic E-state index is 0.121. The molecular formula is C16H22N4O3S. The predicted molar refractivity (Wildman–Crippen MR) is 93.3 cm³/mol. The van der Waals surface area contributed by atoms with Crippen molar-refractivity contribution in [2.45, 2.75) is 43.8 Å². The van der Waals surface area contributed by atoms with E-state index in [0.29, 0.717) is 18.2 Å². The number of nitrogens with one attached hydrogen (secondary N) is 2. The van der Waals surface area contributed by atoms with E-state index in [2.05, 4.69) is 15.5 Å². The molecule has 0 bridgehead atoms. The molecule has 0 fully saturated rings. The van der Waals surface area contributed by atoms with Gasteiger partial charge in [0.05, 0.1) is 12.4 Å². The van der Waals surface area contributed by atoms with Crippen molar-refractivity contribution in [1.82, 2.24) is 20.1 Å². The lowest BCUT2D eigenvalue weighted by Crippen LogP contribution is -2.31. The van der Waals surface area contributed by atoms with E-state index in [1.165, 1.54) is 11.8 Å². The number of aromatic nitrogens is 3. The second-order valence-electron chi connectivity index (χ2n) is 5.25. The van der Waals surface area contributed by atoms with E-state index in [4.69, 9.17) is 4.74 Å². The SMILES string of the molecule is CCCn1c(S[C@@H](C)C(=O)NCc2ccccc2OC)n[nH]c1=O. The van der Waals surface area contributed by atoms with Crippen LogP contribution in [-0.2, 0) is 17.9 Å². The Morgan fingerprint density at radius 2 is 2.21 bits per heavy atom. The average molecular weight is 350 g/mol. The van der Waals surface area contributed by atoms with Gasteiger partial charge in [0, 0.05) is 18.7 Å². The van der Waals surface area contributed by atoms with Crippen LogP contribution in [0.15, 0.2) is 34.2 Å². The molecule has 1 amide bonds. The van der Waals surface area contributed by atoms with E-state index >= 15 is 0 Å². The largest absolute Gasteiger partial charge is 0.496 e. The average Bonchev–Trinajstić information content (AvgIpc) is 2.93. The Bertz CT molecular complexity index is 741. The highest BCUT2D eigenvalue weighted by atomic mass is 32.2. The van der Waals surface area contributed by atoms with Crippen LogP contribution in [0.3, 0.4) is 0 Å². The summed E-state index contributed by atoms with van der Waals surface area (Å²) >= 11 is 1.26. The van der Waals surface area contributed by atoms with E-state index in [-0.39, 0.29) is 16.8 Å². The second kappa shape index (κ2) is 8.58. The number of nitrogens with zero attached hydrogens (tertiary/aromatic N) is 2. The smallest absolute Gasteiger partial charge is 0.343 e. The van der Waals surface area contributed by atoms with E-state index < -0.39 is 0 Å². The number of hydrogen-bond donors (Lipinski definition) is 2. The molecule has 2 aromatic rings. The highest BCUT2D eigenvalue weighted by Crippen LogP contribution is 2.21. The number of aromatic amines is 1. The summed E-state index contributed by atoms with van der Waals surface area (Å²) in [6.07, 6.45) is 0.821. The molecule has 0 aliphatic heterocycles. The van der Waals surface area contributed by atoms with Crippen LogP contribution in [0, 0.1) is 0 Å². The van der Waals surface area contributed by atoms with Crippen molar-refractivity contribution in [2.75, 3.05) is 7.11 Å². The molecule has 24 heavy (non-hydrogen) atoms. The summed E-state index contributed by atoms with van der Waals surface area (Å²) in [6.45, 7) is 4.73. The molecule has 7 nitrogen and oxygen atoms in total. The highest BCUT2D eigenvalue weighted by molar-refractivity contribution is 8.00. The van der Waals surface area contributed by atoms with E-state index in [9.17, 15) is 9.59 Å². The van der Waals surface area contributed by atoms with E-state index in [0.717, 1.165) is 17.7 Å². The van der Waals surface area contributed by atoms with Gasteiger partial charge in [-0.1, -0.05) is 36.9 Å². The van der Waals surface area contributed by atoms with Crippen LogP contribution >= 0.6 is 11.8 Å². The van der Waals surface area contributed by atoms with E-state index in [1.54, 1.807) is 18.6 Å². The number of carbonyl (C=O) groups excluding carboxylic acids is 1. The summed E-state index contributed by atoms with van der Waals surface area (Å²) in [5.74, 6) is 0.617. The first-order valence-electron chi connectivity index (χ1n) is 7.78. The lowest BCUT2D eigenvalue weighted by atomic mass is 10.2. The van der Waals surface area contributed by atoms with Gasteiger partial charge in [0.25, 0.3) is 0 Å². The lowest BCUT2D eigenvalue weighted by molar-refractivity contribution is -0.120. The first-order chi connectivity index (χ1) is 11.6. The number of para-hydroxylation sites is 1. The van der Waals surface area contributed by atoms with Crippen molar-refractivity contribution < 1.29 is 9.53 Å². The van der Waals surface area contributed by atoms with Crippen LogP contribution in [0.1, 0.15) is 25.8 Å². The molecule has 130 valence electrons. The zero-order valence-electron chi connectivity index (χ0n) is 14.0. The maximum atomic E-state index is 12.3. The van der Waals surface area contributed by atoms with Gasteiger partial charge in [0.1, 0.15) is 5.75 Å². The molecule has 0 saturated heterocycles. The predicted octanol–water partition coefficient (Wildman–Crippen LogP) is 1.79. The summed E-state index contributed by atoms with van der Waals surface area (Å²) in [4.78, 5) is 24.0. The van der Waals surface area contributed by atoms with Crippen molar-refractivity contribution in [3.05, 3.63) is 40.3 Å². The molecule has 1 aromatic carbocycles. The van der Waals surface area contributed by atoms with Crippen molar-refractivity contribution in [3.8, 4) is 5.75 Å². The Balaban J connectivity index is 1.96. The molecule has 2 N–H and O–H groups in total. The van der Waals surface area contributed by atoms with Crippen LogP contribution in [0.5, 0.6) is 5.75 Å². The molecule has 0 aliphatic carbocycles. The van der Waals surface area contributed by atoms with Gasteiger partial charge in [-0.3, -0.25) is 9.36 Å². The van der Waals surface area contributed by atoms with Gasteiger partial charge in [-0.05, 0) is 19.4 Å². The topological polar surface area (TPSA) is 89.0 Å². The van der Waals surface area contributed by atoms with Gasteiger partial charge >= 0.3 is 5.69 Å². The monoisotopic (exact) mass is 350 g/mol. The van der Waals surface area contributed by atoms with Crippen LogP contribution < -0.4 is 15.7 Å². The van der Waals surface area contributed by atoms with Gasteiger partial charge in [-0.15, -0.1) is 5.10 Å². The van der Waals surface area contributed by atoms with Crippen molar-refractivity contribution >= 4 is 17.7 Å². The first kappa shape index (κ1) is 18.1. The van der Waals surface area contributed by atoms with Crippen LogP contribution in [-0.4, -0.2) is 33.0 Å². The van der Waals surface area contributed by atoms with Gasteiger partial charge in [0.2, 0.25) is 5.91 Å². The fraction of sp³-hybridized carbons (Fsp3) is 0.438. The third-order valence-corrected chi connectivity index (χ3v) is 4.56. The third kappa shape index (κ3) is 4.41. The molecule has 0 radical (unpaired) electrons. The lowest BCUT2D eigenvalue weighted by Gasteiger charge is -2.13. The summed E-state index contributed by atoms with van der Waals surface area (Å²) in [7, 11) is 1.60. The number of hydrogen-bond acceptors (Lipinski definition) is 5. The number of benzene rings is 1. The fourth-order valence-corrected chi connectivity index (χ4v) is 3.11. The first-order valence-corrected chi connectivity index (χ1v) is 8.66. The minimum Gasteiger partial charge on any atom is -0.496 e. The standard InChI is InChI=1S/C16H22N4O3S/c1-4-9-20-15(22)18-19-16(20)24-11(2)14(21)17-10-12-7-5-6-8-13(12)23-3/h5-8,11H,4,9-10H2,1-3H3,(H,17,21)(H,18,22)/t11-/m0/s1. The summed E-state index contributed by atoms with van der Waals surface area (Å²) in [5, 5.41) is 9.46. The fourth-order valence-electron chi connectivity index (χ4n) is 2.20.